The Morgan fingerprint density at radius 1 is 1.45 bits per heavy atom. The third kappa shape index (κ3) is 5.32. The van der Waals surface area contributed by atoms with E-state index in [0.717, 1.165) is 25.1 Å². The lowest BCUT2D eigenvalue weighted by molar-refractivity contribution is 0.0220. The van der Waals surface area contributed by atoms with Crippen LogP contribution in [0.25, 0.3) is 0 Å². The summed E-state index contributed by atoms with van der Waals surface area (Å²) < 4.78 is 5.44. The number of ether oxygens (including phenoxy) is 1. The summed E-state index contributed by atoms with van der Waals surface area (Å²) in [6, 6.07) is 1.74. The van der Waals surface area contributed by atoms with E-state index in [4.69, 9.17) is 16.3 Å². The Hall–Kier alpha value is -1.01. The lowest BCUT2D eigenvalue weighted by Crippen LogP contribution is -2.43. The van der Waals surface area contributed by atoms with Gasteiger partial charge in [0, 0.05) is 24.0 Å². The second-order valence-corrected chi connectivity index (χ2v) is 8.08. The molecule has 1 amide bonds. The SMILES string of the molecule is Cc1cc(Cl)nc(S[C@H]2CCCN(C(=O)OC(C)(C)C)C2)n1. The van der Waals surface area contributed by atoms with Gasteiger partial charge in [0.25, 0.3) is 0 Å². The Bertz CT molecular complexity index is 528. The summed E-state index contributed by atoms with van der Waals surface area (Å²) in [7, 11) is 0. The van der Waals surface area contributed by atoms with Crippen molar-refractivity contribution in [2.45, 2.75) is 56.5 Å². The van der Waals surface area contributed by atoms with Crippen LogP contribution in [0.4, 0.5) is 4.79 Å². The van der Waals surface area contributed by atoms with Gasteiger partial charge in [-0.25, -0.2) is 14.8 Å². The molecule has 1 aliphatic heterocycles. The molecule has 1 saturated heterocycles. The first kappa shape index (κ1) is 17.3. The molecule has 0 spiro atoms. The molecule has 2 heterocycles. The van der Waals surface area contributed by atoms with Crippen LogP contribution in [0.5, 0.6) is 0 Å². The van der Waals surface area contributed by atoms with E-state index in [2.05, 4.69) is 9.97 Å². The Balaban J connectivity index is 1.97. The van der Waals surface area contributed by atoms with Crippen molar-refractivity contribution in [3.05, 3.63) is 16.9 Å². The number of piperidine rings is 1. The third-order valence-corrected chi connectivity index (χ3v) is 4.41. The number of hydrogen-bond donors (Lipinski definition) is 0. The second-order valence-electron chi connectivity index (χ2n) is 6.42. The molecule has 0 aliphatic carbocycles. The number of rotatable bonds is 2. The number of nitrogens with zero attached hydrogens (tertiary/aromatic N) is 3. The van der Waals surface area contributed by atoms with Gasteiger partial charge in [-0.15, -0.1) is 0 Å². The van der Waals surface area contributed by atoms with Crippen molar-refractivity contribution in [3.8, 4) is 0 Å². The van der Waals surface area contributed by atoms with Gasteiger partial charge in [0.2, 0.25) is 0 Å². The van der Waals surface area contributed by atoms with E-state index >= 15 is 0 Å². The average Bonchev–Trinajstić information content (AvgIpc) is 2.35. The summed E-state index contributed by atoms with van der Waals surface area (Å²) in [5.41, 5.74) is 0.381. The van der Waals surface area contributed by atoms with E-state index < -0.39 is 5.60 Å². The zero-order chi connectivity index (χ0) is 16.3. The highest BCUT2D eigenvalue weighted by molar-refractivity contribution is 7.99. The molecule has 2 rings (SSSR count). The van der Waals surface area contributed by atoms with Crippen LogP contribution < -0.4 is 0 Å². The van der Waals surface area contributed by atoms with Crippen molar-refractivity contribution in [1.82, 2.24) is 14.9 Å². The fourth-order valence-corrected chi connectivity index (χ4v) is 3.71. The van der Waals surface area contributed by atoms with Gasteiger partial charge < -0.3 is 9.64 Å². The average molecular weight is 344 g/mol. The number of carbonyl (C=O) groups excluding carboxylic acids is 1. The van der Waals surface area contributed by atoms with Crippen molar-refractivity contribution < 1.29 is 9.53 Å². The second kappa shape index (κ2) is 7.04. The molecule has 22 heavy (non-hydrogen) atoms. The molecule has 0 N–H and O–H groups in total. The molecule has 1 aromatic rings. The standard InChI is InChI=1S/C15H22ClN3O2S/c1-10-8-12(16)18-13(17-10)22-11-6-5-7-19(9-11)14(20)21-15(2,3)4/h8,11H,5-7,9H2,1-4H3/t11-/m0/s1. The molecule has 0 saturated carbocycles. The van der Waals surface area contributed by atoms with Gasteiger partial charge in [0.15, 0.2) is 5.16 Å². The Morgan fingerprint density at radius 3 is 2.82 bits per heavy atom. The van der Waals surface area contributed by atoms with Crippen LogP contribution >= 0.6 is 23.4 Å². The van der Waals surface area contributed by atoms with Crippen LogP contribution in [0.1, 0.15) is 39.3 Å². The van der Waals surface area contributed by atoms with E-state index in [9.17, 15) is 4.79 Å². The van der Waals surface area contributed by atoms with Gasteiger partial charge in [-0.05, 0) is 46.6 Å². The lowest BCUT2D eigenvalue weighted by atomic mass is 10.1. The Kier molecular flexibility index (Phi) is 5.55. The summed E-state index contributed by atoms with van der Waals surface area (Å²) in [6.07, 6.45) is 1.73. The number of carbonyl (C=O) groups is 1. The lowest BCUT2D eigenvalue weighted by Gasteiger charge is -2.33. The summed E-state index contributed by atoms with van der Waals surface area (Å²) in [6.45, 7) is 8.92. The van der Waals surface area contributed by atoms with Crippen molar-refractivity contribution in [2.24, 2.45) is 0 Å². The number of aryl methyl sites for hydroxylation is 1. The predicted molar refractivity (Wildman–Crippen MR) is 88.5 cm³/mol. The normalized spacial score (nSPS) is 19.1. The number of thioether (sulfide) groups is 1. The van der Waals surface area contributed by atoms with Crippen LogP contribution in [0.3, 0.4) is 0 Å². The fraction of sp³-hybridized carbons (Fsp3) is 0.667. The number of amides is 1. The van der Waals surface area contributed by atoms with Crippen LogP contribution in [0, 0.1) is 6.92 Å². The fourth-order valence-electron chi connectivity index (χ4n) is 2.23. The molecule has 1 fully saturated rings. The quantitative estimate of drug-likeness (QED) is 0.601. The van der Waals surface area contributed by atoms with E-state index in [1.165, 1.54) is 0 Å². The minimum absolute atomic E-state index is 0.249. The summed E-state index contributed by atoms with van der Waals surface area (Å²) >= 11 is 7.55. The van der Waals surface area contributed by atoms with Gasteiger partial charge in [-0.3, -0.25) is 0 Å². The molecule has 5 nitrogen and oxygen atoms in total. The summed E-state index contributed by atoms with van der Waals surface area (Å²) in [5.74, 6) is 0. The highest BCUT2D eigenvalue weighted by Gasteiger charge is 2.28. The van der Waals surface area contributed by atoms with Crippen LogP contribution in [-0.4, -0.2) is 44.9 Å². The van der Waals surface area contributed by atoms with Crippen LogP contribution in [-0.2, 0) is 4.74 Å². The largest absolute Gasteiger partial charge is 0.444 e. The monoisotopic (exact) mass is 343 g/mol. The smallest absolute Gasteiger partial charge is 0.410 e. The van der Waals surface area contributed by atoms with Crippen molar-refractivity contribution >= 4 is 29.5 Å². The van der Waals surface area contributed by atoms with Crippen molar-refractivity contribution in [2.75, 3.05) is 13.1 Å². The number of likely N-dealkylation sites (tertiary alicyclic amines) is 1. The maximum Gasteiger partial charge on any atom is 0.410 e. The Morgan fingerprint density at radius 2 is 2.18 bits per heavy atom. The minimum atomic E-state index is -0.468. The number of aromatic nitrogens is 2. The molecule has 0 unspecified atom stereocenters. The van der Waals surface area contributed by atoms with Crippen molar-refractivity contribution in [3.63, 3.8) is 0 Å². The highest BCUT2D eigenvalue weighted by Crippen LogP contribution is 2.28. The maximum absolute atomic E-state index is 12.2. The summed E-state index contributed by atoms with van der Waals surface area (Å²) in [4.78, 5) is 22.6. The Labute approximate surface area is 140 Å². The molecule has 1 atom stereocenters. The summed E-state index contributed by atoms with van der Waals surface area (Å²) in [5, 5.41) is 1.38. The molecule has 1 aliphatic rings. The molecular formula is C15H22ClN3O2S. The molecule has 122 valence electrons. The van der Waals surface area contributed by atoms with Crippen LogP contribution in [0.15, 0.2) is 11.2 Å². The van der Waals surface area contributed by atoms with E-state index in [-0.39, 0.29) is 11.3 Å². The number of halogens is 1. The van der Waals surface area contributed by atoms with Crippen LogP contribution in [0.2, 0.25) is 5.15 Å². The zero-order valence-corrected chi connectivity index (χ0v) is 15.0. The third-order valence-electron chi connectivity index (χ3n) is 3.10. The van der Waals surface area contributed by atoms with E-state index in [0.29, 0.717) is 16.9 Å². The zero-order valence-electron chi connectivity index (χ0n) is 13.4. The van der Waals surface area contributed by atoms with Gasteiger partial charge in [-0.2, -0.15) is 0 Å². The van der Waals surface area contributed by atoms with Gasteiger partial charge >= 0.3 is 6.09 Å². The minimum Gasteiger partial charge on any atom is -0.444 e. The maximum atomic E-state index is 12.2. The number of hydrogen-bond acceptors (Lipinski definition) is 5. The topological polar surface area (TPSA) is 55.3 Å². The molecule has 0 aromatic carbocycles. The first-order valence-corrected chi connectivity index (χ1v) is 8.64. The van der Waals surface area contributed by atoms with Crippen molar-refractivity contribution in [1.29, 1.82) is 0 Å². The predicted octanol–water partition coefficient (Wildman–Crippen LogP) is 3.93. The highest BCUT2D eigenvalue weighted by atomic mass is 35.5. The first-order chi connectivity index (χ1) is 10.2. The molecule has 0 radical (unpaired) electrons. The molecular weight excluding hydrogens is 322 g/mol. The first-order valence-electron chi connectivity index (χ1n) is 7.39. The molecule has 0 bridgehead atoms. The molecule has 7 heteroatoms. The van der Waals surface area contributed by atoms with Gasteiger partial charge in [-0.1, -0.05) is 23.4 Å². The van der Waals surface area contributed by atoms with Gasteiger partial charge in [0.1, 0.15) is 10.8 Å². The molecule has 1 aromatic heterocycles. The van der Waals surface area contributed by atoms with E-state index in [1.807, 2.05) is 27.7 Å². The van der Waals surface area contributed by atoms with Gasteiger partial charge in [0.05, 0.1) is 0 Å². The van der Waals surface area contributed by atoms with E-state index in [1.54, 1.807) is 22.7 Å².